The van der Waals surface area contributed by atoms with E-state index in [1.807, 2.05) is 30.3 Å². The van der Waals surface area contributed by atoms with Crippen molar-refractivity contribution in [1.82, 2.24) is 15.0 Å². The summed E-state index contributed by atoms with van der Waals surface area (Å²) in [5.41, 5.74) is 5.28. The zero-order chi connectivity index (χ0) is 22.9. The van der Waals surface area contributed by atoms with Gasteiger partial charge in [-0.05, 0) is 23.3 Å². The van der Waals surface area contributed by atoms with Crippen molar-refractivity contribution in [2.75, 3.05) is 49.1 Å². The van der Waals surface area contributed by atoms with E-state index in [9.17, 15) is 4.79 Å². The molecule has 0 aliphatic carbocycles. The molecule has 0 atom stereocenters. The molecule has 0 radical (unpaired) electrons. The number of morpholine rings is 1. The number of aromatic nitrogens is 3. The smallest absolute Gasteiger partial charge is 0.337 e. The quantitative estimate of drug-likeness (QED) is 0.305. The molecule has 0 unspecified atom stereocenters. The summed E-state index contributed by atoms with van der Waals surface area (Å²) in [4.78, 5) is 27.1. The number of esters is 1. The molecule has 0 spiro atoms. The lowest BCUT2D eigenvalue weighted by Gasteiger charge is -2.27. The van der Waals surface area contributed by atoms with Gasteiger partial charge in [-0.15, -0.1) is 0 Å². The summed E-state index contributed by atoms with van der Waals surface area (Å²) >= 11 is 0. The van der Waals surface area contributed by atoms with E-state index in [1.54, 1.807) is 30.5 Å². The standard InChI is InChI=1S/C23H25N7O3/c1-32-20(31)19-9-7-18(8-10-19)16-25-29-22-26-21(24-15-17-5-3-2-4-6-17)27-23(28-22)30-11-13-33-14-12-30/h2-10,16H,11-15H2,1H3,(H2,24,26,27,28,29)/b25-16-. The Kier molecular flexibility index (Phi) is 7.39. The summed E-state index contributed by atoms with van der Waals surface area (Å²) in [5, 5.41) is 7.49. The van der Waals surface area contributed by atoms with Gasteiger partial charge in [0, 0.05) is 19.6 Å². The lowest BCUT2D eigenvalue weighted by Crippen LogP contribution is -2.37. The van der Waals surface area contributed by atoms with Crippen LogP contribution in [0.25, 0.3) is 0 Å². The number of nitrogens with one attached hydrogen (secondary N) is 2. The van der Waals surface area contributed by atoms with E-state index in [1.165, 1.54) is 7.11 Å². The van der Waals surface area contributed by atoms with Crippen LogP contribution in [0.4, 0.5) is 17.8 Å². The fraction of sp³-hybridized carbons (Fsp3) is 0.261. The van der Waals surface area contributed by atoms with Gasteiger partial charge in [-0.3, -0.25) is 0 Å². The fourth-order valence-electron chi connectivity index (χ4n) is 3.16. The van der Waals surface area contributed by atoms with E-state index in [0.717, 1.165) is 11.1 Å². The van der Waals surface area contributed by atoms with Gasteiger partial charge in [-0.1, -0.05) is 42.5 Å². The largest absolute Gasteiger partial charge is 0.465 e. The topological polar surface area (TPSA) is 114 Å². The Labute approximate surface area is 191 Å². The summed E-state index contributed by atoms with van der Waals surface area (Å²) in [6.45, 7) is 3.25. The second-order valence-electron chi connectivity index (χ2n) is 7.20. The third kappa shape index (κ3) is 6.23. The van der Waals surface area contributed by atoms with E-state index < -0.39 is 0 Å². The van der Waals surface area contributed by atoms with Crippen LogP contribution < -0.4 is 15.6 Å². The number of benzene rings is 2. The second-order valence-corrected chi connectivity index (χ2v) is 7.20. The van der Waals surface area contributed by atoms with Crippen LogP contribution in [0.2, 0.25) is 0 Å². The Balaban J connectivity index is 1.48. The van der Waals surface area contributed by atoms with Gasteiger partial charge in [0.25, 0.3) is 0 Å². The minimum Gasteiger partial charge on any atom is -0.465 e. The monoisotopic (exact) mass is 447 g/mol. The van der Waals surface area contributed by atoms with Gasteiger partial charge in [0.1, 0.15) is 0 Å². The van der Waals surface area contributed by atoms with Crippen molar-refractivity contribution in [3.8, 4) is 0 Å². The van der Waals surface area contributed by atoms with E-state index >= 15 is 0 Å². The number of hydrogen-bond acceptors (Lipinski definition) is 10. The summed E-state index contributed by atoms with van der Waals surface area (Å²) in [5.74, 6) is 0.955. The van der Waals surface area contributed by atoms with Gasteiger partial charge in [0.2, 0.25) is 17.8 Å². The SMILES string of the molecule is COC(=O)c1ccc(/C=N\Nc2nc(NCc3ccccc3)nc(N3CCOCC3)n2)cc1. The molecule has 3 aromatic rings. The molecule has 170 valence electrons. The highest BCUT2D eigenvalue weighted by Crippen LogP contribution is 2.16. The number of nitrogens with zero attached hydrogens (tertiary/aromatic N) is 5. The fourth-order valence-corrected chi connectivity index (χ4v) is 3.16. The van der Waals surface area contributed by atoms with Gasteiger partial charge in [-0.2, -0.15) is 20.1 Å². The molecular formula is C23H25N7O3. The number of rotatable bonds is 8. The van der Waals surface area contributed by atoms with Crippen LogP contribution in [0, 0.1) is 0 Å². The summed E-state index contributed by atoms with van der Waals surface area (Å²) in [6, 6.07) is 16.9. The molecule has 0 amide bonds. The predicted molar refractivity (Wildman–Crippen MR) is 126 cm³/mol. The van der Waals surface area contributed by atoms with Crippen molar-refractivity contribution in [2.45, 2.75) is 6.54 Å². The Morgan fingerprint density at radius 2 is 1.79 bits per heavy atom. The van der Waals surface area contributed by atoms with Crippen molar-refractivity contribution in [2.24, 2.45) is 5.10 Å². The number of anilines is 3. The van der Waals surface area contributed by atoms with Crippen LogP contribution in [-0.4, -0.2) is 60.5 Å². The summed E-state index contributed by atoms with van der Waals surface area (Å²) in [6.07, 6.45) is 1.62. The number of methoxy groups -OCH3 is 1. The van der Waals surface area contributed by atoms with Crippen LogP contribution in [-0.2, 0) is 16.0 Å². The van der Waals surface area contributed by atoms with Gasteiger partial charge >= 0.3 is 5.97 Å². The first-order valence-electron chi connectivity index (χ1n) is 10.6. The maximum Gasteiger partial charge on any atom is 0.337 e. The van der Waals surface area contributed by atoms with Crippen LogP contribution in [0.3, 0.4) is 0 Å². The lowest BCUT2D eigenvalue weighted by atomic mass is 10.1. The first kappa shape index (κ1) is 22.2. The highest BCUT2D eigenvalue weighted by molar-refractivity contribution is 5.90. The van der Waals surface area contributed by atoms with Crippen LogP contribution in [0.5, 0.6) is 0 Å². The number of hydrazone groups is 1. The Hall–Kier alpha value is -4.05. The number of hydrogen-bond donors (Lipinski definition) is 2. The molecule has 2 N–H and O–H groups in total. The van der Waals surface area contributed by atoms with Crippen LogP contribution >= 0.6 is 0 Å². The average molecular weight is 447 g/mol. The molecule has 10 nitrogen and oxygen atoms in total. The molecule has 2 aromatic carbocycles. The van der Waals surface area contributed by atoms with E-state index in [4.69, 9.17) is 9.47 Å². The average Bonchev–Trinajstić information content (AvgIpc) is 2.88. The molecule has 1 saturated heterocycles. The lowest BCUT2D eigenvalue weighted by molar-refractivity contribution is 0.0600. The molecule has 10 heteroatoms. The van der Waals surface area contributed by atoms with Gasteiger partial charge < -0.3 is 19.7 Å². The first-order valence-corrected chi connectivity index (χ1v) is 10.6. The molecule has 0 saturated carbocycles. The van der Waals surface area contributed by atoms with Gasteiger partial charge in [0.05, 0.1) is 32.1 Å². The Bertz CT molecular complexity index is 1080. The van der Waals surface area contributed by atoms with Crippen molar-refractivity contribution >= 4 is 30.0 Å². The predicted octanol–water partition coefficient (Wildman–Crippen LogP) is 2.55. The molecular weight excluding hydrogens is 422 g/mol. The zero-order valence-corrected chi connectivity index (χ0v) is 18.3. The molecule has 1 aliphatic rings. The third-order valence-corrected chi connectivity index (χ3v) is 4.92. The van der Waals surface area contributed by atoms with Crippen molar-refractivity contribution in [3.63, 3.8) is 0 Å². The normalized spacial score (nSPS) is 13.7. The van der Waals surface area contributed by atoms with E-state index in [0.29, 0.717) is 56.3 Å². The maximum absolute atomic E-state index is 11.6. The minimum absolute atomic E-state index is 0.324. The minimum atomic E-state index is -0.382. The molecule has 1 aliphatic heterocycles. The Morgan fingerprint density at radius 3 is 2.52 bits per heavy atom. The van der Waals surface area contributed by atoms with Crippen LogP contribution in [0.15, 0.2) is 59.7 Å². The third-order valence-electron chi connectivity index (χ3n) is 4.92. The van der Waals surface area contributed by atoms with E-state index in [-0.39, 0.29) is 5.97 Å². The van der Waals surface area contributed by atoms with Crippen molar-refractivity contribution in [3.05, 3.63) is 71.3 Å². The zero-order valence-electron chi connectivity index (χ0n) is 18.3. The van der Waals surface area contributed by atoms with Crippen molar-refractivity contribution in [1.29, 1.82) is 0 Å². The molecule has 1 fully saturated rings. The highest BCUT2D eigenvalue weighted by atomic mass is 16.5. The van der Waals surface area contributed by atoms with Crippen LogP contribution in [0.1, 0.15) is 21.5 Å². The van der Waals surface area contributed by atoms with Gasteiger partial charge in [0.15, 0.2) is 0 Å². The van der Waals surface area contributed by atoms with E-state index in [2.05, 4.69) is 35.7 Å². The highest BCUT2D eigenvalue weighted by Gasteiger charge is 2.16. The summed E-state index contributed by atoms with van der Waals surface area (Å²) < 4.78 is 10.1. The van der Waals surface area contributed by atoms with Gasteiger partial charge in [-0.25, -0.2) is 10.2 Å². The van der Waals surface area contributed by atoms with Crippen molar-refractivity contribution < 1.29 is 14.3 Å². The second kappa shape index (κ2) is 11.0. The number of ether oxygens (including phenoxy) is 2. The first-order chi connectivity index (χ1) is 16.2. The molecule has 1 aromatic heterocycles. The molecule has 2 heterocycles. The number of carbonyl (C=O) groups excluding carboxylic acids is 1. The molecule has 4 rings (SSSR count). The summed E-state index contributed by atoms with van der Waals surface area (Å²) in [7, 11) is 1.35. The Morgan fingerprint density at radius 1 is 1.06 bits per heavy atom. The molecule has 33 heavy (non-hydrogen) atoms. The molecule has 0 bridgehead atoms. The number of carbonyl (C=O) groups is 1. The maximum atomic E-state index is 11.6.